The Bertz CT molecular complexity index is 478. The van der Waals surface area contributed by atoms with Crippen LogP contribution in [0.25, 0.3) is 0 Å². The number of hydrogen-bond donors (Lipinski definition) is 1. The zero-order chi connectivity index (χ0) is 14.8. The summed E-state index contributed by atoms with van der Waals surface area (Å²) in [6.07, 6.45) is -1.01. The van der Waals surface area contributed by atoms with Crippen molar-refractivity contribution in [3.63, 3.8) is 0 Å². The van der Waals surface area contributed by atoms with Gasteiger partial charge in [0.05, 0.1) is 6.04 Å². The number of nitrogens with zero attached hydrogens (tertiary/aromatic N) is 2. The van der Waals surface area contributed by atoms with Crippen LogP contribution < -0.4 is 5.32 Å². The summed E-state index contributed by atoms with van der Waals surface area (Å²) in [5.74, 6) is 0. The normalized spacial score (nSPS) is 21.7. The molecular formula is C13H16F3N3O. The van der Waals surface area contributed by atoms with E-state index in [9.17, 15) is 18.0 Å². The van der Waals surface area contributed by atoms with Gasteiger partial charge in [-0.2, -0.15) is 13.2 Å². The van der Waals surface area contributed by atoms with Crippen molar-refractivity contribution in [3.8, 4) is 0 Å². The second kappa shape index (κ2) is 5.78. The van der Waals surface area contributed by atoms with Crippen molar-refractivity contribution in [3.05, 3.63) is 29.6 Å². The van der Waals surface area contributed by atoms with Gasteiger partial charge in [-0.05, 0) is 44.1 Å². The number of halogens is 3. The molecule has 0 spiro atoms. The third kappa shape index (κ3) is 3.09. The maximum atomic E-state index is 12.7. The molecule has 2 heterocycles. The first-order valence-electron chi connectivity index (χ1n) is 6.36. The number of carbonyl (C=O) groups is 1. The van der Waals surface area contributed by atoms with Crippen LogP contribution in [0.3, 0.4) is 0 Å². The molecule has 110 valence electrons. The van der Waals surface area contributed by atoms with Crippen LogP contribution in [0.1, 0.15) is 30.1 Å². The molecule has 1 aromatic heterocycles. The SMILES string of the molecule is CN1CCCC1C(NC=O)c1ccnc(C(F)(F)F)c1. The Morgan fingerprint density at radius 1 is 1.55 bits per heavy atom. The van der Waals surface area contributed by atoms with Gasteiger partial charge in [0.25, 0.3) is 0 Å². The van der Waals surface area contributed by atoms with Crippen molar-refractivity contribution in [2.45, 2.75) is 31.1 Å². The van der Waals surface area contributed by atoms with Crippen LogP contribution in [-0.4, -0.2) is 35.9 Å². The molecule has 1 N–H and O–H groups in total. The molecule has 7 heteroatoms. The minimum absolute atomic E-state index is 0.00341. The predicted octanol–water partition coefficient (Wildman–Crippen LogP) is 1.98. The van der Waals surface area contributed by atoms with E-state index in [0.717, 1.165) is 31.6 Å². The van der Waals surface area contributed by atoms with Crippen LogP contribution in [0.5, 0.6) is 0 Å². The Labute approximate surface area is 115 Å². The van der Waals surface area contributed by atoms with Crippen LogP contribution in [0.4, 0.5) is 13.2 Å². The Morgan fingerprint density at radius 3 is 2.85 bits per heavy atom. The van der Waals surface area contributed by atoms with Gasteiger partial charge in [0, 0.05) is 12.2 Å². The molecule has 0 saturated carbocycles. The summed E-state index contributed by atoms with van der Waals surface area (Å²) in [5.41, 5.74) is -0.508. The van der Waals surface area contributed by atoms with Gasteiger partial charge >= 0.3 is 6.18 Å². The van der Waals surface area contributed by atoms with Crippen LogP contribution >= 0.6 is 0 Å². The zero-order valence-corrected chi connectivity index (χ0v) is 11.0. The van der Waals surface area contributed by atoms with E-state index in [2.05, 4.69) is 15.2 Å². The molecule has 2 atom stereocenters. The summed E-state index contributed by atoms with van der Waals surface area (Å²) in [4.78, 5) is 16.2. The largest absolute Gasteiger partial charge is 0.433 e. The quantitative estimate of drug-likeness (QED) is 0.861. The lowest BCUT2D eigenvalue weighted by molar-refractivity contribution is -0.141. The Morgan fingerprint density at radius 2 is 2.30 bits per heavy atom. The molecule has 1 aliphatic rings. The van der Waals surface area contributed by atoms with Crippen molar-refractivity contribution >= 4 is 6.41 Å². The molecule has 4 nitrogen and oxygen atoms in total. The maximum Gasteiger partial charge on any atom is 0.433 e. The minimum Gasteiger partial charge on any atom is -0.350 e. The molecule has 1 amide bonds. The molecule has 1 aliphatic heterocycles. The van der Waals surface area contributed by atoms with Crippen LogP contribution in [0, 0.1) is 0 Å². The number of carbonyl (C=O) groups excluding carboxylic acids is 1. The predicted molar refractivity (Wildman–Crippen MR) is 66.8 cm³/mol. The Kier molecular flexibility index (Phi) is 4.27. The lowest BCUT2D eigenvalue weighted by Gasteiger charge is -2.29. The van der Waals surface area contributed by atoms with Crippen molar-refractivity contribution in [2.24, 2.45) is 0 Å². The monoisotopic (exact) mass is 287 g/mol. The van der Waals surface area contributed by atoms with Crippen LogP contribution in [0.2, 0.25) is 0 Å². The number of hydrogen-bond acceptors (Lipinski definition) is 3. The van der Waals surface area contributed by atoms with Gasteiger partial charge in [0.2, 0.25) is 6.41 Å². The lowest BCUT2D eigenvalue weighted by Crippen LogP contribution is -2.38. The molecule has 2 unspecified atom stereocenters. The van der Waals surface area contributed by atoms with Crippen LogP contribution in [-0.2, 0) is 11.0 Å². The van der Waals surface area contributed by atoms with E-state index in [4.69, 9.17) is 0 Å². The molecule has 20 heavy (non-hydrogen) atoms. The van der Waals surface area contributed by atoms with E-state index in [1.807, 2.05) is 7.05 Å². The van der Waals surface area contributed by atoms with Gasteiger partial charge in [-0.3, -0.25) is 9.78 Å². The van der Waals surface area contributed by atoms with E-state index in [1.54, 1.807) is 0 Å². The standard InChI is InChI=1S/C13H16F3N3O/c1-19-6-2-3-10(19)12(18-8-20)9-4-5-17-11(7-9)13(14,15)16/h4-5,7-8,10,12H,2-3,6H2,1H3,(H,18,20). The second-order valence-corrected chi connectivity index (χ2v) is 4.92. The number of nitrogens with one attached hydrogen (secondary N) is 1. The first kappa shape index (κ1) is 14.8. The van der Waals surface area contributed by atoms with E-state index in [-0.39, 0.29) is 6.04 Å². The highest BCUT2D eigenvalue weighted by molar-refractivity contribution is 5.48. The summed E-state index contributed by atoms with van der Waals surface area (Å²) < 4.78 is 38.1. The molecule has 1 aromatic rings. The number of likely N-dealkylation sites (tertiary alicyclic amines) is 1. The fourth-order valence-electron chi connectivity index (χ4n) is 2.66. The summed E-state index contributed by atoms with van der Waals surface area (Å²) >= 11 is 0. The number of amides is 1. The average molecular weight is 287 g/mol. The maximum absolute atomic E-state index is 12.7. The lowest BCUT2D eigenvalue weighted by atomic mass is 9.97. The fourth-order valence-corrected chi connectivity index (χ4v) is 2.66. The van der Waals surface area contributed by atoms with Gasteiger partial charge in [0.15, 0.2) is 0 Å². The van der Waals surface area contributed by atoms with Crippen molar-refractivity contribution in [2.75, 3.05) is 13.6 Å². The minimum atomic E-state index is -4.48. The third-order valence-electron chi connectivity index (χ3n) is 3.64. The molecule has 2 rings (SSSR count). The molecule has 0 aromatic carbocycles. The van der Waals surface area contributed by atoms with Crippen molar-refractivity contribution < 1.29 is 18.0 Å². The van der Waals surface area contributed by atoms with Crippen molar-refractivity contribution in [1.82, 2.24) is 15.2 Å². The number of pyridine rings is 1. The van der Waals surface area contributed by atoms with Crippen molar-refractivity contribution in [1.29, 1.82) is 0 Å². The Balaban J connectivity index is 2.32. The van der Waals surface area contributed by atoms with E-state index >= 15 is 0 Å². The van der Waals surface area contributed by atoms with Gasteiger partial charge in [-0.15, -0.1) is 0 Å². The highest BCUT2D eigenvalue weighted by Gasteiger charge is 2.35. The zero-order valence-electron chi connectivity index (χ0n) is 11.0. The summed E-state index contributed by atoms with van der Waals surface area (Å²) in [5, 5.41) is 2.63. The second-order valence-electron chi connectivity index (χ2n) is 4.92. The fraction of sp³-hybridized carbons (Fsp3) is 0.538. The topological polar surface area (TPSA) is 45.2 Å². The number of likely N-dealkylation sites (N-methyl/N-ethyl adjacent to an activating group) is 1. The summed E-state index contributed by atoms with van der Waals surface area (Å²) in [7, 11) is 1.91. The molecule has 0 radical (unpaired) electrons. The summed E-state index contributed by atoms with van der Waals surface area (Å²) in [6.45, 7) is 0.874. The highest BCUT2D eigenvalue weighted by Crippen LogP contribution is 2.32. The molecule has 1 fully saturated rings. The van der Waals surface area contributed by atoms with Gasteiger partial charge < -0.3 is 10.2 Å². The summed E-state index contributed by atoms with van der Waals surface area (Å²) in [6, 6.07) is 2.07. The average Bonchev–Trinajstić information content (AvgIpc) is 2.81. The van der Waals surface area contributed by atoms with Gasteiger partial charge in [0.1, 0.15) is 5.69 Å². The first-order chi connectivity index (χ1) is 9.43. The molecule has 0 aliphatic carbocycles. The van der Waals surface area contributed by atoms with E-state index < -0.39 is 17.9 Å². The molecular weight excluding hydrogens is 271 g/mol. The Hall–Kier alpha value is -1.63. The van der Waals surface area contributed by atoms with E-state index in [1.165, 1.54) is 6.07 Å². The van der Waals surface area contributed by atoms with E-state index in [0.29, 0.717) is 12.0 Å². The first-order valence-corrected chi connectivity index (χ1v) is 6.36. The molecule has 1 saturated heterocycles. The number of aromatic nitrogens is 1. The smallest absolute Gasteiger partial charge is 0.350 e. The third-order valence-corrected chi connectivity index (χ3v) is 3.64. The highest BCUT2D eigenvalue weighted by atomic mass is 19.4. The number of alkyl halides is 3. The molecule has 0 bridgehead atoms. The van der Waals surface area contributed by atoms with Crippen LogP contribution in [0.15, 0.2) is 18.3 Å². The number of rotatable bonds is 4. The van der Waals surface area contributed by atoms with Gasteiger partial charge in [-0.1, -0.05) is 0 Å². The van der Waals surface area contributed by atoms with Gasteiger partial charge in [-0.25, -0.2) is 0 Å².